The first-order valence-corrected chi connectivity index (χ1v) is 10.8. The minimum atomic E-state index is -1.01. The molecular weight excluding hydrogens is 442 g/mol. The Morgan fingerprint density at radius 3 is 2.58 bits per heavy atom. The second kappa shape index (κ2) is 9.09. The van der Waals surface area contributed by atoms with E-state index in [1.807, 2.05) is 25.1 Å². The number of carbonyl (C=O) groups is 4. The fourth-order valence-electron chi connectivity index (χ4n) is 3.23. The molecule has 0 radical (unpaired) electrons. The summed E-state index contributed by atoms with van der Waals surface area (Å²) in [5.41, 5.74) is 2.60. The first kappa shape index (κ1) is 22.0. The molecule has 9 heteroatoms. The summed E-state index contributed by atoms with van der Waals surface area (Å²) in [6.07, 6.45) is 1.54. The van der Waals surface area contributed by atoms with E-state index in [0.717, 1.165) is 20.9 Å². The average molecular weight is 461 g/mol. The molecule has 0 unspecified atom stereocenters. The van der Waals surface area contributed by atoms with Gasteiger partial charge in [-0.2, -0.15) is 0 Å². The number of carboxylic acids is 1. The van der Waals surface area contributed by atoms with Crippen LogP contribution in [-0.2, 0) is 9.59 Å². The highest BCUT2D eigenvalue weighted by Gasteiger charge is 2.35. The van der Waals surface area contributed by atoms with Crippen molar-refractivity contribution >= 4 is 46.9 Å². The fourth-order valence-corrected chi connectivity index (χ4v) is 4.18. The van der Waals surface area contributed by atoms with E-state index in [4.69, 9.17) is 5.11 Å². The zero-order valence-corrected chi connectivity index (χ0v) is 18.3. The number of nitrogens with one attached hydrogen (secondary N) is 2. The van der Waals surface area contributed by atoms with Crippen LogP contribution >= 0.6 is 11.3 Å². The Bertz CT molecular complexity index is 1290. The maximum atomic E-state index is 12.7. The minimum absolute atomic E-state index is 0.0656. The number of amides is 4. The Morgan fingerprint density at radius 2 is 1.85 bits per heavy atom. The topological polar surface area (TPSA) is 116 Å². The number of carbonyl (C=O) groups excluding carboxylic acids is 3. The predicted octanol–water partition coefficient (Wildman–Crippen LogP) is 3.95. The first-order valence-electron chi connectivity index (χ1n) is 9.95. The van der Waals surface area contributed by atoms with E-state index >= 15 is 0 Å². The summed E-state index contributed by atoms with van der Waals surface area (Å²) in [7, 11) is 0. The quantitative estimate of drug-likeness (QED) is 0.380. The summed E-state index contributed by atoms with van der Waals surface area (Å²) in [6, 6.07) is 16.6. The summed E-state index contributed by atoms with van der Waals surface area (Å²) in [5, 5.41) is 14.3. The van der Waals surface area contributed by atoms with Crippen LogP contribution < -0.4 is 10.6 Å². The van der Waals surface area contributed by atoms with Crippen molar-refractivity contribution in [3.8, 4) is 10.4 Å². The molecule has 0 spiro atoms. The van der Waals surface area contributed by atoms with E-state index in [2.05, 4.69) is 10.6 Å². The Balaban J connectivity index is 1.45. The summed E-state index contributed by atoms with van der Waals surface area (Å²) < 4.78 is 0. The smallest absolute Gasteiger partial charge is 0.335 e. The number of carboxylic acid groups (broad SMARTS) is 1. The highest BCUT2D eigenvalue weighted by Crippen LogP contribution is 2.30. The zero-order chi connectivity index (χ0) is 23.5. The molecule has 166 valence electrons. The van der Waals surface area contributed by atoms with Gasteiger partial charge in [-0.15, -0.1) is 11.3 Å². The summed E-state index contributed by atoms with van der Waals surface area (Å²) in [6.45, 7) is 1.52. The largest absolute Gasteiger partial charge is 0.478 e. The lowest BCUT2D eigenvalue weighted by atomic mass is 10.1. The van der Waals surface area contributed by atoms with Gasteiger partial charge in [-0.3, -0.25) is 9.59 Å². The van der Waals surface area contributed by atoms with Gasteiger partial charge >= 0.3 is 12.0 Å². The van der Waals surface area contributed by atoms with Crippen LogP contribution in [0.4, 0.5) is 10.5 Å². The lowest BCUT2D eigenvalue weighted by molar-refractivity contribution is -0.127. The van der Waals surface area contributed by atoms with Crippen LogP contribution in [-0.4, -0.2) is 40.4 Å². The van der Waals surface area contributed by atoms with Crippen molar-refractivity contribution in [3.05, 3.63) is 82.4 Å². The number of aromatic carboxylic acids is 1. The third-order valence-electron chi connectivity index (χ3n) is 4.91. The van der Waals surface area contributed by atoms with E-state index in [1.54, 1.807) is 36.4 Å². The Hall–Kier alpha value is -4.24. The van der Waals surface area contributed by atoms with Crippen LogP contribution in [0.3, 0.4) is 0 Å². The molecule has 0 aliphatic carbocycles. The normalized spacial score (nSPS) is 14.5. The van der Waals surface area contributed by atoms with Gasteiger partial charge in [-0.25, -0.2) is 14.5 Å². The molecule has 2 aromatic carbocycles. The molecule has 3 aromatic rings. The van der Waals surface area contributed by atoms with E-state index < -0.39 is 30.4 Å². The number of aryl methyl sites for hydroxylation is 1. The number of rotatable bonds is 6. The van der Waals surface area contributed by atoms with Crippen LogP contribution in [0.2, 0.25) is 0 Å². The van der Waals surface area contributed by atoms with Gasteiger partial charge in [0.15, 0.2) is 0 Å². The van der Waals surface area contributed by atoms with Crippen molar-refractivity contribution < 1.29 is 24.3 Å². The van der Waals surface area contributed by atoms with Gasteiger partial charge < -0.3 is 15.7 Å². The maximum Gasteiger partial charge on any atom is 0.335 e. The second-order valence-electron chi connectivity index (χ2n) is 7.38. The van der Waals surface area contributed by atoms with Crippen molar-refractivity contribution in [2.75, 3.05) is 11.9 Å². The van der Waals surface area contributed by atoms with Crippen molar-refractivity contribution in [2.45, 2.75) is 6.92 Å². The summed E-state index contributed by atoms with van der Waals surface area (Å²) >= 11 is 1.34. The van der Waals surface area contributed by atoms with Crippen molar-refractivity contribution in [1.29, 1.82) is 0 Å². The third kappa shape index (κ3) is 4.99. The number of thiophene rings is 1. The average Bonchev–Trinajstić information content (AvgIpc) is 3.36. The van der Waals surface area contributed by atoms with Gasteiger partial charge in [0.05, 0.1) is 5.56 Å². The fraction of sp³-hybridized carbons (Fsp3) is 0.0833. The van der Waals surface area contributed by atoms with Gasteiger partial charge in [0.25, 0.3) is 5.91 Å². The van der Waals surface area contributed by atoms with Gasteiger partial charge in [0.1, 0.15) is 12.2 Å². The molecule has 2 heterocycles. The van der Waals surface area contributed by atoms with Crippen LogP contribution in [0, 0.1) is 6.92 Å². The van der Waals surface area contributed by atoms with Crippen LogP contribution in [0.5, 0.6) is 0 Å². The molecule has 4 amide bonds. The lowest BCUT2D eigenvalue weighted by Crippen LogP contribution is -2.38. The third-order valence-corrected chi connectivity index (χ3v) is 5.99. The molecule has 0 bridgehead atoms. The Kier molecular flexibility index (Phi) is 6.05. The molecule has 1 aliphatic rings. The SMILES string of the molecule is Cc1ccc(NC(=O)CN2C(=O)N/C(=C\c3ccc(-c4cccc(C(=O)O)c4)s3)C2=O)cc1. The summed E-state index contributed by atoms with van der Waals surface area (Å²) in [5.74, 6) is -2.09. The Labute approximate surface area is 193 Å². The number of nitrogens with zero attached hydrogens (tertiary/aromatic N) is 1. The van der Waals surface area contributed by atoms with E-state index in [9.17, 15) is 19.2 Å². The maximum absolute atomic E-state index is 12.7. The Morgan fingerprint density at radius 1 is 1.09 bits per heavy atom. The lowest BCUT2D eigenvalue weighted by Gasteiger charge is -2.12. The van der Waals surface area contributed by atoms with Crippen LogP contribution in [0.1, 0.15) is 20.8 Å². The minimum Gasteiger partial charge on any atom is -0.478 e. The van der Waals surface area contributed by atoms with E-state index in [-0.39, 0.29) is 11.3 Å². The second-order valence-corrected chi connectivity index (χ2v) is 8.50. The van der Waals surface area contributed by atoms with E-state index in [1.165, 1.54) is 23.5 Å². The molecule has 0 atom stereocenters. The number of anilines is 1. The molecule has 1 aromatic heterocycles. The molecule has 3 N–H and O–H groups in total. The van der Waals surface area contributed by atoms with Crippen LogP contribution in [0.15, 0.2) is 66.4 Å². The summed E-state index contributed by atoms with van der Waals surface area (Å²) in [4.78, 5) is 50.8. The number of hydrogen-bond acceptors (Lipinski definition) is 5. The molecular formula is C24H19N3O5S. The molecule has 33 heavy (non-hydrogen) atoms. The molecule has 1 aliphatic heterocycles. The van der Waals surface area contributed by atoms with Crippen molar-refractivity contribution in [1.82, 2.24) is 10.2 Å². The molecule has 1 fully saturated rings. The first-order chi connectivity index (χ1) is 15.8. The number of benzene rings is 2. The van der Waals surface area contributed by atoms with E-state index in [0.29, 0.717) is 10.6 Å². The molecule has 8 nitrogen and oxygen atoms in total. The predicted molar refractivity (Wildman–Crippen MR) is 125 cm³/mol. The van der Waals surface area contributed by atoms with Gasteiger partial charge in [0, 0.05) is 15.4 Å². The monoisotopic (exact) mass is 461 g/mol. The molecule has 1 saturated heterocycles. The zero-order valence-electron chi connectivity index (χ0n) is 17.5. The van der Waals surface area contributed by atoms with Crippen LogP contribution in [0.25, 0.3) is 16.5 Å². The standard InChI is InChI=1S/C24H19N3O5S/c1-14-5-7-17(8-6-14)25-21(28)13-27-22(29)19(26-24(27)32)12-18-9-10-20(33-18)15-3-2-4-16(11-15)23(30)31/h2-12H,13H2,1H3,(H,25,28)(H,26,32)(H,30,31)/b19-12-. The highest BCUT2D eigenvalue weighted by molar-refractivity contribution is 7.16. The van der Waals surface area contributed by atoms with Gasteiger partial charge in [-0.05, 0) is 55.0 Å². The molecule has 0 saturated carbocycles. The van der Waals surface area contributed by atoms with Crippen molar-refractivity contribution in [2.24, 2.45) is 0 Å². The number of hydrogen-bond donors (Lipinski definition) is 3. The number of imide groups is 1. The highest BCUT2D eigenvalue weighted by atomic mass is 32.1. The number of urea groups is 1. The molecule has 4 rings (SSSR count). The van der Waals surface area contributed by atoms with Gasteiger partial charge in [0.2, 0.25) is 5.91 Å². The van der Waals surface area contributed by atoms with Crippen molar-refractivity contribution in [3.63, 3.8) is 0 Å². The van der Waals surface area contributed by atoms with Gasteiger partial charge in [-0.1, -0.05) is 29.8 Å².